The average molecular weight is 383 g/mol. The summed E-state index contributed by atoms with van der Waals surface area (Å²) in [4.78, 5) is 27.8. The van der Waals surface area contributed by atoms with Gasteiger partial charge in [-0.3, -0.25) is 4.79 Å². The monoisotopic (exact) mass is 383 g/mol. The number of hydrogen-bond acceptors (Lipinski definition) is 4. The van der Waals surface area contributed by atoms with Crippen molar-refractivity contribution in [2.75, 3.05) is 37.7 Å². The first-order chi connectivity index (χ1) is 13.6. The maximum Gasteiger partial charge on any atom is 0.407 e. The standard InChI is InChI=1S/C22H29N3O3/c26-20(8-5-18-13-28-21(27)23-18)24-11-17(12-24)16-3-6-19(7-4-16)25-14-22(15-25)9-1-2-10-22/h3-4,6-7,17-18H,1-2,5,8-15H2,(H,23,27)/t18-/m1/s1. The van der Waals surface area contributed by atoms with Crippen LogP contribution in [0.2, 0.25) is 0 Å². The van der Waals surface area contributed by atoms with Crippen LogP contribution >= 0.6 is 0 Å². The topological polar surface area (TPSA) is 61.9 Å². The summed E-state index contributed by atoms with van der Waals surface area (Å²) in [6.07, 6.45) is 6.39. The number of carbonyl (C=O) groups excluding carboxylic acids is 2. The van der Waals surface area contributed by atoms with Gasteiger partial charge in [-0.15, -0.1) is 0 Å². The fraction of sp³-hybridized carbons (Fsp3) is 0.636. The largest absolute Gasteiger partial charge is 0.447 e. The zero-order valence-corrected chi connectivity index (χ0v) is 16.4. The lowest BCUT2D eigenvalue weighted by atomic mass is 9.78. The zero-order valence-electron chi connectivity index (χ0n) is 16.4. The van der Waals surface area contributed by atoms with E-state index in [1.165, 1.54) is 50.0 Å². The van der Waals surface area contributed by atoms with Crippen LogP contribution in [0.5, 0.6) is 0 Å². The Morgan fingerprint density at radius 1 is 1.14 bits per heavy atom. The number of alkyl carbamates (subject to hydrolysis) is 1. The van der Waals surface area contributed by atoms with E-state index < -0.39 is 0 Å². The molecule has 4 fully saturated rings. The van der Waals surface area contributed by atoms with Crippen LogP contribution in [0.1, 0.15) is 50.0 Å². The van der Waals surface area contributed by atoms with Crippen molar-refractivity contribution in [1.29, 1.82) is 0 Å². The smallest absolute Gasteiger partial charge is 0.407 e. The Labute approximate surface area is 166 Å². The van der Waals surface area contributed by atoms with Gasteiger partial charge >= 0.3 is 6.09 Å². The molecule has 0 aromatic heterocycles. The summed E-state index contributed by atoms with van der Waals surface area (Å²) in [6, 6.07) is 8.97. The zero-order chi connectivity index (χ0) is 19.1. The summed E-state index contributed by atoms with van der Waals surface area (Å²) >= 11 is 0. The van der Waals surface area contributed by atoms with Crippen molar-refractivity contribution < 1.29 is 14.3 Å². The molecular weight excluding hydrogens is 354 g/mol. The molecule has 1 aliphatic carbocycles. The molecule has 3 saturated heterocycles. The van der Waals surface area contributed by atoms with Gasteiger partial charge in [-0.25, -0.2) is 4.79 Å². The number of hydrogen-bond donors (Lipinski definition) is 1. The second kappa shape index (κ2) is 6.98. The number of likely N-dealkylation sites (tertiary alicyclic amines) is 1. The van der Waals surface area contributed by atoms with Crippen molar-refractivity contribution in [1.82, 2.24) is 10.2 Å². The number of nitrogens with one attached hydrogen (secondary N) is 1. The highest BCUT2D eigenvalue weighted by Crippen LogP contribution is 2.47. The third kappa shape index (κ3) is 3.33. The lowest BCUT2D eigenvalue weighted by Crippen LogP contribution is -2.55. The molecule has 3 aliphatic heterocycles. The average Bonchev–Trinajstić information content (AvgIpc) is 3.27. The summed E-state index contributed by atoms with van der Waals surface area (Å²) in [7, 11) is 0. The van der Waals surface area contributed by atoms with Gasteiger partial charge in [-0.1, -0.05) is 25.0 Å². The molecule has 1 atom stereocenters. The lowest BCUT2D eigenvalue weighted by Gasteiger charge is -2.50. The maximum atomic E-state index is 12.3. The quantitative estimate of drug-likeness (QED) is 0.849. The SMILES string of the molecule is O=C1N[C@H](CCC(=O)N2CC(c3ccc(N4CC5(CCCC5)C4)cc3)C2)CO1. The number of amides is 2. The van der Waals surface area contributed by atoms with E-state index in [4.69, 9.17) is 4.74 Å². The van der Waals surface area contributed by atoms with E-state index in [2.05, 4.69) is 34.5 Å². The van der Waals surface area contributed by atoms with Gasteiger partial charge in [0.05, 0.1) is 6.04 Å². The van der Waals surface area contributed by atoms with Gasteiger partial charge in [0, 0.05) is 49.6 Å². The number of rotatable bonds is 5. The molecular formula is C22H29N3O3. The summed E-state index contributed by atoms with van der Waals surface area (Å²) < 4.78 is 4.86. The number of benzene rings is 1. The van der Waals surface area contributed by atoms with Crippen molar-refractivity contribution in [3.8, 4) is 0 Å². The van der Waals surface area contributed by atoms with Crippen molar-refractivity contribution in [2.24, 2.45) is 5.41 Å². The van der Waals surface area contributed by atoms with Gasteiger partial charge in [-0.05, 0) is 37.0 Å². The Morgan fingerprint density at radius 3 is 2.50 bits per heavy atom. The predicted octanol–water partition coefficient (Wildman–Crippen LogP) is 2.88. The van der Waals surface area contributed by atoms with Crippen LogP contribution in [-0.4, -0.2) is 55.7 Å². The van der Waals surface area contributed by atoms with Crippen LogP contribution in [0.25, 0.3) is 0 Å². The molecule has 5 rings (SSSR count). The Morgan fingerprint density at radius 2 is 1.86 bits per heavy atom. The minimum absolute atomic E-state index is 0.0223. The highest BCUT2D eigenvalue weighted by molar-refractivity contribution is 5.77. The minimum atomic E-state index is -0.374. The first-order valence-corrected chi connectivity index (χ1v) is 10.7. The van der Waals surface area contributed by atoms with Crippen LogP contribution in [0.4, 0.5) is 10.5 Å². The van der Waals surface area contributed by atoms with Crippen LogP contribution in [0.3, 0.4) is 0 Å². The highest BCUT2D eigenvalue weighted by Gasteiger charge is 2.44. The molecule has 4 aliphatic rings. The third-order valence-electron chi connectivity index (χ3n) is 7.12. The van der Waals surface area contributed by atoms with Crippen molar-refractivity contribution in [2.45, 2.75) is 50.5 Å². The van der Waals surface area contributed by atoms with E-state index in [-0.39, 0.29) is 18.0 Å². The number of ether oxygens (including phenoxy) is 1. The fourth-order valence-electron chi connectivity index (χ4n) is 5.28. The molecule has 0 bridgehead atoms. The summed E-state index contributed by atoms with van der Waals surface area (Å²) in [5.41, 5.74) is 3.30. The normalized spacial score (nSPS) is 26.0. The molecule has 3 heterocycles. The maximum absolute atomic E-state index is 12.3. The molecule has 150 valence electrons. The summed E-state index contributed by atoms with van der Waals surface area (Å²) in [5, 5.41) is 2.72. The Balaban J connectivity index is 1.07. The van der Waals surface area contributed by atoms with Gasteiger partial charge < -0.3 is 19.9 Å². The van der Waals surface area contributed by atoms with Gasteiger partial charge in [0.25, 0.3) is 0 Å². The van der Waals surface area contributed by atoms with Crippen LogP contribution < -0.4 is 10.2 Å². The van der Waals surface area contributed by atoms with Gasteiger partial charge in [0.15, 0.2) is 0 Å². The number of anilines is 1. The van der Waals surface area contributed by atoms with Crippen LogP contribution in [-0.2, 0) is 9.53 Å². The molecule has 1 aromatic rings. The van der Waals surface area contributed by atoms with Crippen LogP contribution in [0, 0.1) is 5.41 Å². The molecule has 28 heavy (non-hydrogen) atoms. The van der Waals surface area contributed by atoms with Crippen molar-refractivity contribution in [3.63, 3.8) is 0 Å². The van der Waals surface area contributed by atoms with Crippen LogP contribution in [0.15, 0.2) is 24.3 Å². The molecule has 6 nitrogen and oxygen atoms in total. The van der Waals surface area contributed by atoms with E-state index in [9.17, 15) is 9.59 Å². The molecule has 0 unspecified atom stereocenters. The third-order valence-corrected chi connectivity index (χ3v) is 7.12. The van der Waals surface area contributed by atoms with E-state index in [0.29, 0.717) is 30.8 Å². The summed E-state index contributed by atoms with van der Waals surface area (Å²) in [5.74, 6) is 0.626. The second-order valence-corrected chi connectivity index (χ2v) is 9.13. The predicted molar refractivity (Wildman–Crippen MR) is 106 cm³/mol. The van der Waals surface area contributed by atoms with E-state index in [1.807, 2.05) is 4.90 Å². The van der Waals surface area contributed by atoms with Gasteiger partial charge in [0.1, 0.15) is 6.61 Å². The molecule has 2 amide bonds. The van der Waals surface area contributed by atoms with Crippen molar-refractivity contribution >= 4 is 17.7 Å². The molecule has 0 radical (unpaired) electrons. The molecule has 1 spiro atoms. The van der Waals surface area contributed by atoms with Crippen molar-refractivity contribution in [3.05, 3.63) is 29.8 Å². The van der Waals surface area contributed by atoms with E-state index in [1.54, 1.807) is 0 Å². The van der Waals surface area contributed by atoms with E-state index >= 15 is 0 Å². The van der Waals surface area contributed by atoms with Gasteiger partial charge in [-0.2, -0.15) is 0 Å². The number of nitrogens with zero attached hydrogens (tertiary/aromatic N) is 2. The first kappa shape index (κ1) is 17.8. The minimum Gasteiger partial charge on any atom is -0.447 e. The highest BCUT2D eigenvalue weighted by atomic mass is 16.6. The fourth-order valence-corrected chi connectivity index (χ4v) is 5.28. The number of cyclic esters (lactones) is 1. The number of carbonyl (C=O) groups is 2. The van der Waals surface area contributed by atoms with E-state index in [0.717, 1.165) is 13.1 Å². The molecule has 1 saturated carbocycles. The van der Waals surface area contributed by atoms with Gasteiger partial charge in [0.2, 0.25) is 5.91 Å². The second-order valence-electron chi connectivity index (χ2n) is 9.13. The Bertz CT molecular complexity index is 743. The molecule has 6 heteroatoms. The molecule has 1 aromatic carbocycles. The summed E-state index contributed by atoms with van der Waals surface area (Å²) in [6.45, 7) is 4.44. The lowest BCUT2D eigenvalue weighted by molar-refractivity contribution is -0.135. The molecule has 1 N–H and O–H groups in total. The Hall–Kier alpha value is -2.24. The first-order valence-electron chi connectivity index (χ1n) is 10.7. The Kier molecular flexibility index (Phi) is 4.44.